The van der Waals surface area contributed by atoms with E-state index in [1.165, 1.54) is 0 Å². The number of nitrogens with two attached hydrogens (primary N) is 1. The molecule has 0 bridgehead atoms. The van der Waals surface area contributed by atoms with Crippen molar-refractivity contribution in [2.75, 3.05) is 5.73 Å². The molecule has 3 N–H and O–H groups in total. The lowest BCUT2D eigenvalue weighted by atomic mass is 10.2. The van der Waals surface area contributed by atoms with Gasteiger partial charge < -0.3 is 15.2 Å². The van der Waals surface area contributed by atoms with Crippen molar-refractivity contribution in [3.63, 3.8) is 0 Å². The predicted molar refractivity (Wildman–Crippen MR) is 65.2 cm³/mol. The molecule has 1 rings (SSSR count). The second-order valence-electron chi connectivity index (χ2n) is 3.86. The third kappa shape index (κ3) is 4.35. The molecule has 16 heavy (non-hydrogen) atoms. The average Bonchev–Trinajstić information content (AvgIpc) is 2.20. The zero-order chi connectivity index (χ0) is 12.2. The number of benzene rings is 1. The maximum atomic E-state index is 11.7. The fraction of sp³-hybridized carbons (Fsp3) is 0.455. The lowest BCUT2D eigenvalue weighted by Gasteiger charge is -2.16. The van der Waals surface area contributed by atoms with Gasteiger partial charge >= 0.3 is 7.60 Å². The number of anilines is 1. The summed E-state index contributed by atoms with van der Waals surface area (Å²) in [6, 6.07) is 6.88. The molecule has 5 heteroatoms. The molecular weight excluding hydrogens is 225 g/mol. The minimum absolute atomic E-state index is 0.0254. The van der Waals surface area contributed by atoms with Gasteiger partial charge in [0.2, 0.25) is 0 Å². The molecule has 0 spiro atoms. The van der Waals surface area contributed by atoms with Crippen molar-refractivity contribution in [1.29, 1.82) is 0 Å². The van der Waals surface area contributed by atoms with Gasteiger partial charge in [0.25, 0.3) is 0 Å². The minimum atomic E-state index is -3.54. The van der Waals surface area contributed by atoms with E-state index in [4.69, 9.17) is 10.3 Å². The zero-order valence-corrected chi connectivity index (χ0v) is 10.5. The molecule has 0 saturated carbocycles. The monoisotopic (exact) mass is 243 g/mol. The number of hydrogen-bond acceptors (Lipinski definition) is 3. The second kappa shape index (κ2) is 5.48. The van der Waals surface area contributed by atoms with Crippen LogP contribution in [0.25, 0.3) is 0 Å². The van der Waals surface area contributed by atoms with Crippen LogP contribution >= 0.6 is 7.60 Å². The van der Waals surface area contributed by atoms with E-state index in [0.29, 0.717) is 12.1 Å². The first-order valence-electron chi connectivity index (χ1n) is 5.27. The summed E-state index contributed by atoms with van der Waals surface area (Å²) in [5, 5.41) is 0. The number of rotatable bonds is 5. The summed E-state index contributed by atoms with van der Waals surface area (Å²) >= 11 is 0. The van der Waals surface area contributed by atoms with Crippen LogP contribution in [-0.4, -0.2) is 11.0 Å². The van der Waals surface area contributed by atoms with Crippen LogP contribution in [0.3, 0.4) is 0 Å². The van der Waals surface area contributed by atoms with E-state index < -0.39 is 7.60 Å². The fourth-order valence-corrected chi connectivity index (χ4v) is 2.70. The van der Waals surface area contributed by atoms with Crippen molar-refractivity contribution in [3.8, 4) is 0 Å². The van der Waals surface area contributed by atoms with Gasteiger partial charge in [0.05, 0.1) is 12.3 Å². The Labute approximate surface area is 96.0 Å². The van der Waals surface area contributed by atoms with Gasteiger partial charge in [-0.15, -0.1) is 0 Å². The van der Waals surface area contributed by atoms with Gasteiger partial charge in [-0.25, -0.2) is 0 Å². The molecular formula is C11H18NO3P. The Bertz CT molecular complexity index is 377. The summed E-state index contributed by atoms with van der Waals surface area (Å²) in [5.74, 6) is 0. The smallest absolute Gasteiger partial charge is 0.332 e. The number of nitrogen functional groups attached to an aromatic ring is 1. The van der Waals surface area contributed by atoms with Gasteiger partial charge in [-0.05, 0) is 31.0 Å². The SMILES string of the molecule is CCC(C)OP(=O)(O)Cc1ccc(N)cc1. The van der Waals surface area contributed by atoms with E-state index in [9.17, 15) is 9.46 Å². The van der Waals surface area contributed by atoms with Crippen LogP contribution in [0.4, 0.5) is 5.69 Å². The molecule has 0 aromatic heterocycles. The van der Waals surface area contributed by atoms with Crippen molar-refractivity contribution in [3.05, 3.63) is 29.8 Å². The molecule has 1 aromatic carbocycles. The third-order valence-electron chi connectivity index (χ3n) is 2.28. The third-order valence-corrected chi connectivity index (χ3v) is 3.74. The maximum Gasteiger partial charge on any atom is 0.332 e. The summed E-state index contributed by atoms with van der Waals surface area (Å²) in [6.07, 6.45) is 0.536. The van der Waals surface area contributed by atoms with E-state index in [2.05, 4.69) is 0 Å². The van der Waals surface area contributed by atoms with Crippen LogP contribution in [0.5, 0.6) is 0 Å². The van der Waals surface area contributed by atoms with Crippen LogP contribution in [0.15, 0.2) is 24.3 Å². The Morgan fingerprint density at radius 3 is 2.50 bits per heavy atom. The molecule has 0 fully saturated rings. The first kappa shape index (κ1) is 13.2. The highest BCUT2D eigenvalue weighted by Gasteiger charge is 2.22. The van der Waals surface area contributed by atoms with E-state index >= 15 is 0 Å². The van der Waals surface area contributed by atoms with Crippen LogP contribution in [0.2, 0.25) is 0 Å². The van der Waals surface area contributed by atoms with Crippen molar-refractivity contribution in [2.24, 2.45) is 0 Å². The van der Waals surface area contributed by atoms with Crippen LogP contribution in [0.1, 0.15) is 25.8 Å². The van der Waals surface area contributed by atoms with Crippen LogP contribution in [0, 0.1) is 0 Å². The van der Waals surface area contributed by atoms with Gasteiger partial charge in [-0.1, -0.05) is 19.1 Å². The second-order valence-corrected chi connectivity index (χ2v) is 5.66. The molecule has 0 aliphatic heterocycles. The van der Waals surface area contributed by atoms with Gasteiger partial charge in [-0.2, -0.15) is 0 Å². The number of hydrogen-bond donors (Lipinski definition) is 2. The standard InChI is InChI=1S/C11H18NO3P/c1-3-9(2)15-16(13,14)8-10-4-6-11(12)7-5-10/h4-7,9H,3,8,12H2,1-2H3,(H,13,14). The Morgan fingerprint density at radius 1 is 1.44 bits per heavy atom. The van der Waals surface area contributed by atoms with Crippen molar-refractivity contribution in [2.45, 2.75) is 32.5 Å². The Morgan fingerprint density at radius 2 is 2.00 bits per heavy atom. The molecule has 0 aliphatic carbocycles. The van der Waals surface area contributed by atoms with Crippen molar-refractivity contribution >= 4 is 13.3 Å². The summed E-state index contributed by atoms with van der Waals surface area (Å²) in [5.41, 5.74) is 6.92. The van der Waals surface area contributed by atoms with Gasteiger partial charge in [0, 0.05) is 5.69 Å². The Kier molecular flexibility index (Phi) is 4.54. The summed E-state index contributed by atoms with van der Waals surface area (Å²) in [6.45, 7) is 3.69. The Balaban J connectivity index is 2.65. The predicted octanol–water partition coefficient (Wildman–Crippen LogP) is 2.77. The van der Waals surface area contributed by atoms with Crippen LogP contribution in [-0.2, 0) is 15.3 Å². The average molecular weight is 243 g/mol. The summed E-state index contributed by atoms with van der Waals surface area (Å²) < 4.78 is 16.8. The van der Waals surface area contributed by atoms with E-state index in [1.807, 2.05) is 6.92 Å². The first-order chi connectivity index (χ1) is 7.43. The fourth-order valence-electron chi connectivity index (χ4n) is 1.25. The van der Waals surface area contributed by atoms with E-state index in [-0.39, 0.29) is 12.3 Å². The van der Waals surface area contributed by atoms with E-state index in [1.54, 1.807) is 31.2 Å². The topological polar surface area (TPSA) is 72.5 Å². The molecule has 0 radical (unpaired) electrons. The van der Waals surface area contributed by atoms with E-state index in [0.717, 1.165) is 5.56 Å². The summed E-state index contributed by atoms with van der Waals surface area (Å²) in [7, 11) is -3.54. The highest BCUT2D eigenvalue weighted by molar-refractivity contribution is 7.51. The first-order valence-corrected chi connectivity index (χ1v) is 7.04. The molecule has 4 nitrogen and oxygen atoms in total. The molecule has 0 saturated heterocycles. The van der Waals surface area contributed by atoms with Gasteiger partial charge in [0.15, 0.2) is 0 Å². The molecule has 0 aliphatic rings. The Hall–Kier alpha value is -0.830. The quantitative estimate of drug-likeness (QED) is 0.616. The largest absolute Gasteiger partial charge is 0.399 e. The summed E-state index contributed by atoms with van der Waals surface area (Å²) in [4.78, 5) is 9.64. The molecule has 0 amide bonds. The molecule has 90 valence electrons. The van der Waals surface area contributed by atoms with Gasteiger partial charge in [-0.3, -0.25) is 4.57 Å². The highest BCUT2D eigenvalue weighted by atomic mass is 31.2. The maximum absolute atomic E-state index is 11.7. The molecule has 2 unspecified atom stereocenters. The lowest BCUT2D eigenvalue weighted by Crippen LogP contribution is -2.05. The minimum Gasteiger partial charge on any atom is -0.399 e. The van der Waals surface area contributed by atoms with Crippen LogP contribution < -0.4 is 5.73 Å². The van der Waals surface area contributed by atoms with Gasteiger partial charge in [0.1, 0.15) is 0 Å². The highest BCUT2D eigenvalue weighted by Crippen LogP contribution is 2.47. The molecule has 2 atom stereocenters. The lowest BCUT2D eigenvalue weighted by molar-refractivity contribution is 0.185. The molecule has 1 aromatic rings. The van der Waals surface area contributed by atoms with Crippen molar-refractivity contribution in [1.82, 2.24) is 0 Å². The van der Waals surface area contributed by atoms with Crippen molar-refractivity contribution < 1.29 is 14.0 Å². The zero-order valence-electron chi connectivity index (χ0n) is 9.59. The molecule has 0 heterocycles. The normalized spacial score (nSPS) is 16.7.